The Morgan fingerprint density at radius 2 is 1.79 bits per heavy atom. The molecule has 0 radical (unpaired) electrons. The van der Waals surface area contributed by atoms with Crippen molar-refractivity contribution in [2.45, 2.75) is 64.5 Å². The minimum atomic E-state index is -0.848. The van der Waals surface area contributed by atoms with E-state index in [1.165, 1.54) is 5.56 Å². The van der Waals surface area contributed by atoms with Crippen molar-refractivity contribution in [1.29, 1.82) is 0 Å². The summed E-state index contributed by atoms with van der Waals surface area (Å²) in [5.41, 5.74) is 6.51. The van der Waals surface area contributed by atoms with Gasteiger partial charge in [-0.15, -0.1) is 0 Å². The van der Waals surface area contributed by atoms with E-state index in [1.807, 2.05) is 24.3 Å². The molecule has 0 aliphatic heterocycles. The SMILES string of the molecule is Cc1ccc(C=C2CCc3c2nc2ccccc2c3C(=O)OC(C)C(=O)NC2CCCC2)cc1. The molecule has 1 heterocycles. The van der Waals surface area contributed by atoms with Crippen molar-refractivity contribution in [3.05, 3.63) is 76.5 Å². The van der Waals surface area contributed by atoms with Gasteiger partial charge in [-0.3, -0.25) is 4.79 Å². The molecule has 2 aliphatic carbocycles. The molecule has 3 aromatic rings. The zero-order valence-electron chi connectivity index (χ0n) is 19.8. The van der Waals surface area contributed by atoms with Crippen LogP contribution in [-0.4, -0.2) is 29.0 Å². The lowest BCUT2D eigenvalue weighted by Gasteiger charge is -2.18. The van der Waals surface area contributed by atoms with Crippen molar-refractivity contribution in [3.63, 3.8) is 0 Å². The summed E-state index contributed by atoms with van der Waals surface area (Å²) in [5.74, 6) is -0.685. The minimum Gasteiger partial charge on any atom is -0.449 e. The highest BCUT2D eigenvalue weighted by atomic mass is 16.5. The molecule has 174 valence electrons. The van der Waals surface area contributed by atoms with Crippen molar-refractivity contribution in [1.82, 2.24) is 10.3 Å². The van der Waals surface area contributed by atoms with Gasteiger partial charge in [0.25, 0.3) is 5.91 Å². The molecular formula is C29H30N2O3. The number of carbonyl (C=O) groups excluding carboxylic acids is 2. The van der Waals surface area contributed by atoms with Crippen LogP contribution in [0.25, 0.3) is 22.6 Å². The summed E-state index contributed by atoms with van der Waals surface area (Å²) < 4.78 is 5.71. The van der Waals surface area contributed by atoms with E-state index in [0.717, 1.165) is 71.8 Å². The number of pyridine rings is 1. The van der Waals surface area contributed by atoms with Crippen LogP contribution < -0.4 is 5.32 Å². The molecule has 1 saturated carbocycles. The summed E-state index contributed by atoms with van der Waals surface area (Å²) >= 11 is 0. The van der Waals surface area contributed by atoms with Gasteiger partial charge in [0.2, 0.25) is 0 Å². The number of rotatable bonds is 5. The van der Waals surface area contributed by atoms with E-state index in [-0.39, 0.29) is 11.9 Å². The summed E-state index contributed by atoms with van der Waals surface area (Å²) in [5, 5.41) is 3.80. The highest BCUT2D eigenvalue weighted by Crippen LogP contribution is 2.38. The fraction of sp³-hybridized carbons (Fsp3) is 0.345. The highest BCUT2D eigenvalue weighted by Gasteiger charge is 2.30. The lowest BCUT2D eigenvalue weighted by Crippen LogP contribution is -2.41. The zero-order chi connectivity index (χ0) is 23.7. The monoisotopic (exact) mass is 454 g/mol. The second-order valence-electron chi connectivity index (χ2n) is 9.45. The molecule has 0 bridgehead atoms. The second kappa shape index (κ2) is 9.41. The lowest BCUT2D eigenvalue weighted by atomic mass is 10.0. The standard InChI is InChI=1S/C29H30N2O3/c1-18-11-13-20(14-12-18)17-21-15-16-24-26(23-9-5-6-10-25(23)31-27(21)24)29(33)34-19(2)28(32)30-22-7-3-4-8-22/h5-6,9-14,17,19,22H,3-4,7-8,15-16H2,1-2H3,(H,30,32). The predicted molar refractivity (Wildman–Crippen MR) is 134 cm³/mol. The van der Waals surface area contributed by atoms with Gasteiger partial charge in [-0.2, -0.15) is 0 Å². The number of allylic oxidation sites excluding steroid dienone is 1. The Bertz CT molecular complexity index is 1270. The van der Waals surface area contributed by atoms with Crippen molar-refractivity contribution in [2.24, 2.45) is 0 Å². The number of carbonyl (C=O) groups is 2. The van der Waals surface area contributed by atoms with E-state index in [9.17, 15) is 9.59 Å². The normalized spacial score (nSPS) is 17.6. The summed E-state index contributed by atoms with van der Waals surface area (Å²) in [7, 11) is 0. The minimum absolute atomic E-state index is 0.189. The van der Waals surface area contributed by atoms with Gasteiger partial charge < -0.3 is 10.1 Å². The van der Waals surface area contributed by atoms with E-state index >= 15 is 0 Å². The van der Waals surface area contributed by atoms with Crippen LogP contribution in [0.3, 0.4) is 0 Å². The van der Waals surface area contributed by atoms with Crippen molar-refractivity contribution >= 4 is 34.4 Å². The molecule has 1 N–H and O–H groups in total. The van der Waals surface area contributed by atoms with Gasteiger partial charge in [-0.05, 0) is 68.4 Å². The Kier molecular flexibility index (Phi) is 6.18. The van der Waals surface area contributed by atoms with Crippen LogP contribution in [-0.2, 0) is 16.0 Å². The first-order valence-corrected chi connectivity index (χ1v) is 12.2. The molecule has 2 aromatic carbocycles. The molecule has 34 heavy (non-hydrogen) atoms. The third-order valence-electron chi connectivity index (χ3n) is 6.92. The molecule has 1 fully saturated rings. The number of amides is 1. The number of nitrogens with one attached hydrogen (secondary N) is 1. The van der Waals surface area contributed by atoms with Crippen LogP contribution in [0, 0.1) is 6.92 Å². The number of esters is 1. The Morgan fingerprint density at radius 3 is 2.56 bits per heavy atom. The number of ether oxygens (including phenoxy) is 1. The predicted octanol–water partition coefficient (Wildman–Crippen LogP) is 5.63. The maximum Gasteiger partial charge on any atom is 0.339 e. The van der Waals surface area contributed by atoms with E-state index in [2.05, 4.69) is 42.6 Å². The molecule has 1 amide bonds. The molecule has 0 spiro atoms. The fourth-order valence-corrected chi connectivity index (χ4v) is 5.04. The Labute approximate surface area is 200 Å². The molecule has 5 nitrogen and oxygen atoms in total. The first-order chi connectivity index (χ1) is 16.5. The molecule has 5 heteroatoms. The Morgan fingerprint density at radius 1 is 1.06 bits per heavy atom. The molecule has 5 rings (SSSR count). The number of para-hydroxylation sites is 1. The average molecular weight is 455 g/mol. The van der Waals surface area contributed by atoms with Crippen molar-refractivity contribution in [2.75, 3.05) is 0 Å². The molecule has 1 aromatic heterocycles. The van der Waals surface area contributed by atoms with Crippen molar-refractivity contribution in [3.8, 4) is 0 Å². The van der Waals surface area contributed by atoms with E-state index in [0.29, 0.717) is 5.56 Å². The summed E-state index contributed by atoms with van der Waals surface area (Å²) in [6.07, 6.45) is 7.08. The maximum absolute atomic E-state index is 13.4. The Balaban J connectivity index is 1.47. The van der Waals surface area contributed by atoms with Gasteiger partial charge in [0, 0.05) is 11.4 Å². The van der Waals surface area contributed by atoms with Gasteiger partial charge in [0.15, 0.2) is 6.10 Å². The van der Waals surface area contributed by atoms with Crippen LogP contribution in [0.5, 0.6) is 0 Å². The summed E-state index contributed by atoms with van der Waals surface area (Å²) in [6.45, 7) is 3.72. The topological polar surface area (TPSA) is 68.3 Å². The molecule has 0 saturated heterocycles. The van der Waals surface area contributed by atoms with Gasteiger partial charge >= 0.3 is 5.97 Å². The zero-order valence-corrected chi connectivity index (χ0v) is 19.8. The van der Waals surface area contributed by atoms with Crippen LogP contribution in [0.4, 0.5) is 0 Å². The molecular weight excluding hydrogens is 424 g/mol. The van der Waals surface area contributed by atoms with E-state index in [1.54, 1.807) is 6.92 Å². The van der Waals surface area contributed by atoms with Gasteiger partial charge in [0.1, 0.15) is 0 Å². The van der Waals surface area contributed by atoms with Gasteiger partial charge in [-0.25, -0.2) is 9.78 Å². The third kappa shape index (κ3) is 4.47. The summed E-state index contributed by atoms with van der Waals surface area (Å²) in [6, 6.07) is 16.2. The molecule has 1 unspecified atom stereocenters. The van der Waals surface area contributed by atoms with Crippen LogP contribution in [0.1, 0.15) is 71.8 Å². The first kappa shape index (κ1) is 22.3. The van der Waals surface area contributed by atoms with Crippen molar-refractivity contribution < 1.29 is 14.3 Å². The number of hydrogen-bond acceptors (Lipinski definition) is 4. The van der Waals surface area contributed by atoms with Gasteiger partial charge in [0.05, 0.1) is 16.8 Å². The van der Waals surface area contributed by atoms with Crippen LogP contribution in [0.15, 0.2) is 48.5 Å². The number of nitrogens with zero attached hydrogens (tertiary/aromatic N) is 1. The smallest absolute Gasteiger partial charge is 0.339 e. The number of aromatic nitrogens is 1. The fourth-order valence-electron chi connectivity index (χ4n) is 5.04. The van der Waals surface area contributed by atoms with Crippen LogP contribution in [0.2, 0.25) is 0 Å². The third-order valence-corrected chi connectivity index (χ3v) is 6.92. The number of fused-ring (bicyclic) bond motifs is 2. The molecule has 2 aliphatic rings. The van der Waals surface area contributed by atoms with E-state index < -0.39 is 12.1 Å². The number of benzene rings is 2. The quantitative estimate of drug-likeness (QED) is 0.507. The second-order valence-corrected chi connectivity index (χ2v) is 9.45. The highest BCUT2D eigenvalue weighted by molar-refractivity contribution is 6.07. The lowest BCUT2D eigenvalue weighted by molar-refractivity contribution is -0.129. The number of hydrogen-bond donors (Lipinski definition) is 1. The average Bonchev–Trinajstić information content (AvgIpc) is 3.49. The largest absolute Gasteiger partial charge is 0.449 e. The van der Waals surface area contributed by atoms with E-state index in [4.69, 9.17) is 9.72 Å². The number of aryl methyl sites for hydroxylation is 1. The maximum atomic E-state index is 13.4. The summed E-state index contributed by atoms with van der Waals surface area (Å²) in [4.78, 5) is 31.0. The Hall–Kier alpha value is -3.47. The van der Waals surface area contributed by atoms with Crippen LogP contribution >= 0.6 is 0 Å². The van der Waals surface area contributed by atoms with Gasteiger partial charge in [-0.1, -0.05) is 60.9 Å². The molecule has 1 atom stereocenters. The first-order valence-electron chi connectivity index (χ1n) is 12.2.